The first-order chi connectivity index (χ1) is 14.4. The van der Waals surface area contributed by atoms with Crippen LogP contribution in [0.5, 0.6) is 5.75 Å². The Hall–Kier alpha value is -2.38. The number of benzene rings is 2. The van der Waals surface area contributed by atoms with Gasteiger partial charge in [-0.15, -0.1) is 0 Å². The molecule has 1 amide bonds. The summed E-state index contributed by atoms with van der Waals surface area (Å²) >= 11 is 3.52. The Bertz CT molecular complexity index is 901. The van der Waals surface area contributed by atoms with E-state index >= 15 is 0 Å². The molecule has 0 saturated carbocycles. The molecule has 2 atom stereocenters. The molecule has 0 unspecified atom stereocenters. The summed E-state index contributed by atoms with van der Waals surface area (Å²) < 4.78 is 11.0. The van der Waals surface area contributed by atoms with Crippen molar-refractivity contribution in [2.45, 2.75) is 38.4 Å². The van der Waals surface area contributed by atoms with E-state index in [2.05, 4.69) is 32.2 Å². The monoisotopic (exact) mass is 474 g/mol. The normalized spacial score (nSPS) is 17.4. The number of rotatable bonds is 7. The van der Waals surface area contributed by atoms with E-state index in [1.807, 2.05) is 31.2 Å². The molecule has 30 heavy (non-hydrogen) atoms. The Kier molecular flexibility index (Phi) is 7.50. The van der Waals surface area contributed by atoms with Crippen molar-refractivity contribution in [3.05, 3.63) is 63.6 Å². The second-order valence-electron chi connectivity index (χ2n) is 7.47. The van der Waals surface area contributed by atoms with Gasteiger partial charge < -0.3 is 14.8 Å². The highest BCUT2D eigenvalue weighted by atomic mass is 79.9. The van der Waals surface area contributed by atoms with E-state index in [1.165, 1.54) is 7.11 Å². The number of halogens is 1. The number of hydrogen-bond donors (Lipinski definition) is 1. The fourth-order valence-electron chi connectivity index (χ4n) is 3.80. The van der Waals surface area contributed by atoms with Crippen molar-refractivity contribution in [2.75, 3.05) is 20.8 Å². The summed E-state index contributed by atoms with van der Waals surface area (Å²) in [6.45, 7) is 3.52. The highest BCUT2D eigenvalue weighted by Crippen LogP contribution is 2.26. The molecule has 160 valence electrons. The van der Waals surface area contributed by atoms with E-state index < -0.39 is 0 Å². The topological polar surface area (TPSA) is 67.9 Å². The maximum Gasteiger partial charge on any atom is 0.337 e. The van der Waals surface area contributed by atoms with Gasteiger partial charge in [-0.3, -0.25) is 9.69 Å². The predicted octanol–water partition coefficient (Wildman–Crippen LogP) is 4.09. The third kappa shape index (κ3) is 5.40. The van der Waals surface area contributed by atoms with Crippen molar-refractivity contribution in [1.82, 2.24) is 10.2 Å². The van der Waals surface area contributed by atoms with Crippen molar-refractivity contribution in [3.8, 4) is 5.75 Å². The van der Waals surface area contributed by atoms with Crippen molar-refractivity contribution in [3.63, 3.8) is 0 Å². The molecule has 1 fully saturated rings. The molecule has 3 rings (SSSR count). The lowest BCUT2D eigenvalue weighted by Gasteiger charge is -2.26. The molecule has 0 spiro atoms. The van der Waals surface area contributed by atoms with Crippen molar-refractivity contribution < 1.29 is 19.1 Å². The van der Waals surface area contributed by atoms with Crippen LogP contribution in [0, 0.1) is 0 Å². The third-order valence-electron chi connectivity index (χ3n) is 5.41. The summed E-state index contributed by atoms with van der Waals surface area (Å²) in [6.07, 6.45) is 1.83. The van der Waals surface area contributed by atoms with E-state index in [9.17, 15) is 9.59 Å². The van der Waals surface area contributed by atoms with Gasteiger partial charge in [0.1, 0.15) is 5.75 Å². The van der Waals surface area contributed by atoms with Gasteiger partial charge in [0, 0.05) is 11.0 Å². The summed E-state index contributed by atoms with van der Waals surface area (Å²) in [5.41, 5.74) is 2.54. The van der Waals surface area contributed by atoms with E-state index in [0.717, 1.165) is 40.7 Å². The number of amides is 1. The molecular weight excluding hydrogens is 448 g/mol. The zero-order valence-corrected chi connectivity index (χ0v) is 19.1. The molecule has 7 heteroatoms. The smallest absolute Gasteiger partial charge is 0.337 e. The van der Waals surface area contributed by atoms with Gasteiger partial charge >= 0.3 is 5.97 Å². The van der Waals surface area contributed by atoms with Crippen molar-refractivity contribution >= 4 is 27.8 Å². The Morgan fingerprint density at radius 3 is 2.60 bits per heavy atom. The van der Waals surface area contributed by atoms with Gasteiger partial charge in [0.05, 0.1) is 31.9 Å². The lowest BCUT2D eigenvalue weighted by Crippen LogP contribution is -2.43. The number of carbonyl (C=O) groups is 2. The number of ether oxygens (including phenoxy) is 2. The number of nitrogens with zero attached hydrogens (tertiary/aromatic N) is 1. The number of carbonyl (C=O) groups excluding carboxylic acids is 2. The van der Waals surface area contributed by atoms with Crippen LogP contribution in [0.2, 0.25) is 0 Å². The summed E-state index contributed by atoms with van der Waals surface area (Å²) in [7, 11) is 3.01. The van der Waals surface area contributed by atoms with Crippen LogP contribution in [0.1, 0.15) is 47.3 Å². The molecule has 0 radical (unpaired) electrons. The predicted molar refractivity (Wildman–Crippen MR) is 118 cm³/mol. The summed E-state index contributed by atoms with van der Waals surface area (Å²) in [5, 5.41) is 3.12. The Morgan fingerprint density at radius 2 is 1.93 bits per heavy atom. The summed E-state index contributed by atoms with van der Waals surface area (Å²) in [5.74, 6) is 0.451. The first kappa shape index (κ1) is 22.3. The quantitative estimate of drug-likeness (QED) is 0.612. The SMILES string of the molecule is COC(=O)c1ccc([C@H](C)NC(=O)[C@H]2CCCN2Cc2cc(Br)cc(OC)c2)cc1. The lowest BCUT2D eigenvalue weighted by atomic mass is 10.1. The van der Waals surface area contributed by atoms with Gasteiger partial charge in [0.15, 0.2) is 0 Å². The first-order valence-electron chi connectivity index (χ1n) is 9.97. The molecule has 1 N–H and O–H groups in total. The van der Waals surface area contributed by atoms with Gasteiger partial charge in [0.25, 0.3) is 0 Å². The van der Waals surface area contributed by atoms with Crippen LogP contribution in [0.25, 0.3) is 0 Å². The second kappa shape index (κ2) is 10.1. The van der Waals surface area contributed by atoms with Crippen molar-refractivity contribution in [1.29, 1.82) is 0 Å². The zero-order chi connectivity index (χ0) is 21.7. The number of nitrogens with one attached hydrogen (secondary N) is 1. The zero-order valence-electron chi connectivity index (χ0n) is 17.5. The summed E-state index contributed by atoms with van der Waals surface area (Å²) in [4.78, 5) is 26.8. The second-order valence-corrected chi connectivity index (χ2v) is 8.39. The molecule has 1 aliphatic rings. The van der Waals surface area contributed by atoms with Gasteiger partial charge in [-0.1, -0.05) is 28.1 Å². The average molecular weight is 475 g/mol. The fraction of sp³-hybridized carbons (Fsp3) is 0.391. The highest BCUT2D eigenvalue weighted by molar-refractivity contribution is 9.10. The molecule has 1 heterocycles. The number of hydrogen-bond acceptors (Lipinski definition) is 5. The lowest BCUT2D eigenvalue weighted by molar-refractivity contribution is -0.126. The van der Waals surface area contributed by atoms with Gasteiger partial charge in [-0.2, -0.15) is 0 Å². The van der Waals surface area contributed by atoms with E-state index in [1.54, 1.807) is 19.2 Å². The maximum absolute atomic E-state index is 13.0. The third-order valence-corrected chi connectivity index (χ3v) is 5.87. The molecule has 0 aliphatic carbocycles. The number of methoxy groups -OCH3 is 2. The largest absolute Gasteiger partial charge is 0.497 e. The molecule has 6 nitrogen and oxygen atoms in total. The maximum atomic E-state index is 13.0. The Balaban J connectivity index is 1.64. The minimum absolute atomic E-state index is 0.0269. The van der Waals surface area contributed by atoms with E-state index in [-0.39, 0.29) is 24.0 Å². The van der Waals surface area contributed by atoms with Crippen LogP contribution in [0.3, 0.4) is 0 Å². The van der Waals surface area contributed by atoms with Crippen LogP contribution in [-0.2, 0) is 16.1 Å². The number of esters is 1. The molecule has 1 aliphatic heterocycles. The van der Waals surface area contributed by atoms with Crippen LogP contribution in [0.4, 0.5) is 0 Å². The molecular formula is C23H27BrN2O4. The molecule has 2 aromatic rings. The first-order valence-corrected chi connectivity index (χ1v) is 10.8. The minimum atomic E-state index is -0.371. The van der Waals surface area contributed by atoms with Gasteiger partial charge in [0.2, 0.25) is 5.91 Å². The van der Waals surface area contributed by atoms with Crippen LogP contribution in [0.15, 0.2) is 46.9 Å². The Labute approximate surface area is 185 Å². The van der Waals surface area contributed by atoms with Crippen molar-refractivity contribution in [2.24, 2.45) is 0 Å². The fourth-order valence-corrected chi connectivity index (χ4v) is 4.31. The highest BCUT2D eigenvalue weighted by Gasteiger charge is 2.31. The molecule has 2 aromatic carbocycles. The number of likely N-dealkylation sites (tertiary alicyclic amines) is 1. The van der Waals surface area contributed by atoms with E-state index in [4.69, 9.17) is 9.47 Å². The standard InChI is InChI=1S/C23H27BrN2O4/c1-15(17-6-8-18(9-7-17)23(28)30-3)25-22(27)21-5-4-10-26(21)14-16-11-19(24)13-20(12-16)29-2/h6-9,11-13,15,21H,4-5,10,14H2,1-3H3,(H,25,27)/t15-,21+/m0/s1. The average Bonchev–Trinajstić information content (AvgIpc) is 3.20. The molecule has 0 aromatic heterocycles. The van der Waals surface area contributed by atoms with E-state index in [0.29, 0.717) is 12.1 Å². The Morgan fingerprint density at radius 1 is 1.20 bits per heavy atom. The van der Waals surface area contributed by atoms with Gasteiger partial charge in [-0.25, -0.2) is 4.79 Å². The van der Waals surface area contributed by atoms with Crippen LogP contribution < -0.4 is 10.1 Å². The minimum Gasteiger partial charge on any atom is -0.497 e. The van der Waals surface area contributed by atoms with Crippen LogP contribution >= 0.6 is 15.9 Å². The molecule has 0 bridgehead atoms. The summed E-state index contributed by atoms with van der Waals surface area (Å²) in [6, 6.07) is 12.8. The van der Waals surface area contributed by atoms with Gasteiger partial charge in [-0.05, 0) is 67.8 Å². The van der Waals surface area contributed by atoms with Crippen LogP contribution in [-0.4, -0.2) is 43.6 Å². The molecule has 1 saturated heterocycles.